The second kappa shape index (κ2) is 4.92. The van der Waals surface area contributed by atoms with Crippen LogP contribution in [0.2, 0.25) is 0 Å². The summed E-state index contributed by atoms with van der Waals surface area (Å²) >= 11 is 0. The van der Waals surface area contributed by atoms with E-state index < -0.39 is 5.97 Å². The van der Waals surface area contributed by atoms with Gasteiger partial charge in [0, 0.05) is 12.2 Å². The number of carboxylic acid groups (broad SMARTS) is 1. The van der Waals surface area contributed by atoms with Crippen LogP contribution in [0.5, 0.6) is 0 Å². The Kier molecular flexibility index (Phi) is 3.82. The molecule has 1 N–H and O–H groups in total. The van der Waals surface area contributed by atoms with E-state index in [2.05, 4.69) is 9.97 Å². The number of nitrogens with zero attached hydrogens (tertiary/aromatic N) is 3. The first-order valence-electron chi connectivity index (χ1n) is 5.20. The van der Waals surface area contributed by atoms with Gasteiger partial charge < -0.3 is 10.0 Å². The van der Waals surface area contributed by atoms with Crippen LogP contribution in [0.3, 0.4) is 0 Å². The summed E-state index contributed by atoms with van der Waals surface area (Å²) in [5, 5.41) is 8.86. The van der Waals surface area contributed by atoms with Crippen molar-refractivity contribution >= 4 is 11.8 Å². The molecule has 0 amide bonds. The van der Waals surface area contributed by atoms with E-state index in [9.17, 15) is 4.79 Å². The first kappa shape index (κ1) is 12.4. The van der Waals surface area contributed by atoms with Crippen LogP contribution in [0, 0.1) is 13.8 Å². The molecule has 0 saturated heterocycles. The Labute approximate surface area is 95.1 Å². The van der Waals surface area contributed by atoms with Crippen molar-refractivity contribution in [2.75, 3.05) is 11.4 Å². The van der Waals surface area contributed by atoms with E-state index in [1.807, 2.05) is 27.7 Å². The van der Waals surface area contributed by atoms with Crippen LogP contribution < -0.4 is 4.90 Å². The maximum absolute atomic E-state index is 10.8. The van der Waals surface area contributed by atoms with Crippen molar-refractivity contribution in [3.8, 4) is 0 Å². The summed E-state index contributed by atoms with van der Waals surface area (Å²) in [5.41, 5.74) is 1.54. The molecule has 5 heteroatoms. The zero-order valence-electron chi connectivity index (χ0n) is 10.1. The molecule has 0 aromatic carbocycles. The van der Waals surface area contributed by atoms with Crippen LogP contribution in [0.4, 0.5) is 5.82 Å². The summed E-state index contributed by atoms with van der Waals surface area (Å²) in [7, 11) is 0. The lowest BCUT2D eigenvalue weighted by Gasteiger charge is -2.27. The smallest absolute Gasteiger partial charge is 0.323 e. The van der Waals surface area contributed by atoms with Crippen LogP contribution in [0.1, 0.15) is 25.2 Å². The number of anilines is 1. The molecule has 0 aliphatic rings. The van der Waals surface area contributed by atoms with Gasteiger partial charge in [-0.25, -0.2) is 4.98 Å². The second-order valence-corrected chi connectivity index (χ2v) is 4.04. The van der Waals surface area contributed by atoms with Crippen LogP contribution >= 0.6 is 0 Å². The van der Waals surface area contributed by atoms with Gasteiger partial charge in [0.1, 0.15) is 6.54 Å². The molecule has 0 aliphatic carbocycles. The van der Waals surface area contributed by atoms with E-state index in [0.717, 1.165) is 11.4 Å². The van der Waals surface area contributed by atoms with Crippen molar-refractivity contribution in [2.45, 2.75) is 33.7 Å². The highest BCUT2D eigenvalue weighted by atomic mass is 16.4. The van der Waals surface area contributed by atoms with Crippen molar-refractivity contribution in [2.24, 2.45) is 0 Å². The Bertz CT molecular complexity index is 391. The molecular formula is C11H17N3O2. The Balaban J connectivity index is 3.09. The maximum Gasteiger partial charge on any atom is 0.323 e. The molecule has 1 aromatic rings. The topological polar surface area (TPSA) is 66.3 Å². The van der Waals surface area contributed by atoms with Crippen LogP contribution in [0.25, 0.3) is 0 Å². The largest absolute Gasteiger partial charge is 0.480 e. The number of aromatic nitrogens is 2. The normalized spacial score (nSPS) is 10.6. The van der Waals surface area contributed by atoms with Crippen molar-refractivity contribution in [3.05, 3.63) is 17.6 Å². The molecule has 0 spiro atoms. The summed E-state index contributed by atoms with van der Waals surface area (Å²) in [4.78, 5) is 21.1. The van der Waals surface area contributed by atoms with E-state index in [1.165, 1.54) is 0 Å². The lowest BCUT2D eigenvalue weighted by molar-refractivity contribution is -0.135. The highest BCUT2D eigenvalue weighted by molar-refractivity contribution is 5.73. The van der Waals surface area contributed by atoms with Crippen molar-refractivity contribution in [1.29, 1.82) is 0 Å². The molecule has 1 rings (SSSR count). The monoisotopic (exact) mass is 223 g/mol. The minimum absolute atomic E-state index is 0.0589. The molecule has 88 valence electrons. The minimum atomic E-state index is -0.864. The van der Waals surface area contributed by atoms with Gasteiger partial charge in [0.05, 0.1) is 11.4 Å². The summed E-state index contributed by atoms with van der Waals surface area (Å²) < 4.78 is 0. The Morgan fingerprint density at radius 1 is 1.50 bits per heavy atom. The van der Waals surface area contributed by atoms with E-state index in [1.54, 1.807) is 11.1 Å². The molecular weight excluding hydrogens is 206 g/mol. The van der Waals surface area contributed by atoms with Crippen LogP contribution in [-0.4, -0.2) is 33.6 Å². The molecule has 0 fully saturated rings. The minimum Gasteiger partial charge on any atom is -0.480 e. The lowest BCUT2D eigenvalue weighted by Crippen LogP contribution is -2.37. The van der Waals surface area contributed by atoms with Crippen molar-refractivity contribution < 1.29 is 9.90 Å². The van der Waals surface area contributed by atoms with E-state index >= 15 is 0 Å². The zero-order valence-corrected chi connectivity index (χ0v) is 10.1. The quantitative estimate of drug-likeness (QED) is 0.835. The van der Waals surface area contributed by atoms with Gasteiger partial charge in [-0.15, -0.1) is 0 Å². The Hall–Kier alpha value is -1.65. The van der Waals surface area contributed by atoms with E-state index in [4.69, 9.17) is 5.11 Å². The van der Waals surface area contributed by atoms with Gasteiger partial charge in [0.15, 0.2) is 5.82 Å². The summed E-state index contributed by atoms with van der Waals surface area (Å²) in [6.07, 6.45) is 1.68. The summed E-state index contributed by atoms with van der Waals surface area (Å²) in [6.45, 7) is 7.49. The zero-order chi connectivity index (χ0) is 12.3. The number of rotatable bonds is 4. The molecule has 5 nitrogen and oxygen atoms in total. The average Bonchev–Trinajstić information content (AvgIpc) is 2.18. The van der Waals surface area contributed by atoms with Crippen molar-refractivity contribution in [3.63, 3.8) is 0 Å². The maximum atomic E-state index is 10.8. The molecule has 0 radical (unpaired) electrons. The molecule has 0 aliphatic heterocycles. The number of hydrogen-bond donors (Lipinski definition) is 1. The molecule has 0 unspecified atom stereocenters. The summed E-state index contributed by atoms with van der Waals surface area (Å²) in [6, 6.07) is 0.0749. The van der Waals surface area contributed by atoms with Crippen molar-refractivity contribution in [1.82, 2.24) is 9.97 Å². The number of carbonyl (C=O) groups is 1. The third kappa shape index (κ3) is 2.92. The van der Waals surface area contributed by atoms with Gasteiger partial charge >= 0.3 is 5.97 Å². The van der Waals surface area contributed by atoms with E-state index in [0.29, 0.717) is 5.82 Å². The number of aliphatic carboxylic acids is 1. The number of aryl methyl sites for hydroxylation is 2. The molecule has 1 heterocycles. The van der Waals surface area contributed by atoms with Gasteiger partial charge in [0.2, 0.25) is 0 Å². The summed E-state index contributed by atoms with van der Waals surface area (Å²) in [5.74, 6) is -0.214. The highest BCUT2D eigenvalue weighted by Crippen LogP contribution is 2.17. The average molecular weight is 223 g/mol. The molecule has 0 atom stereocenters. The predicted octanol–water partition coefficient (Wildman–Crippen LogP) is 1.39. The fourth-order valence-electron chi connectivity index (χ4n) is 1.44. The van der Waals surface area contributed by atoms with Gasteiger partial charge in [-0.2, -0.15) is 0 Å². The van der Waals surface area contributed by atoms with E-state index in [-0.39, 0.29) is 12.6 Å². The Morgan fingerprint density at radius 2 is 2.12 bits per heavy atom. The SMILES string of the molecule is Cc1cnc(C)c(N(CC(=O)O)C(C)C)n1. The third-order valence-corrected chi connectivity index (χ3v) is 2.25. The number of hydrogen-bond acceptors (Lipinski definition) is 4. The fourth-order valence-corrected chi connectivity index (χ4v) is 1.44. The Morgan fingerprint density at radius 3 is 2.62 bits per heavy atom. The molecule has 0 bridgehead atoms. The van der Waals surface area contributed by atoms with Crippen LogP contribution in [-0.2, 0) is 4.79 Å². The second-order valence-electron chi connectivity index (χ2n) is 4.04. The van der Waals surface area contributed by atoms with Gasteiger partial charge in [-0.3, -0.25) is 9.78 Å². The third-order valence-electron chi connectivity index (χ3n) is 2.25. The standard InChI is InChI=1S/C11H17N3O2/c1-7(2)14(6-10(15)16)11-9(4)12-5-8(3)13-11/h5,7H,6H2,1-4H3,(H,15,16). The molecule has 16 heavy (non-hydrogen) atoms. The number of carboxylic acids is 1. The molecule has 1 aromatic heterocycles. The first-order chi connectivity index (χ1) is 7.41. The fraction of sp³-hybridized carbons (Fsp3) is 0.545. The van der Waals surface area contributed by atoms with Gasteiger partial charge in [-0.05, 0) is 27.7 Å². The van der Waals surface area contributed by atoms with Gasteiger partial charge in [0.25, 0.3) is 0 Å². The first-order valence-corrected chi connectivity index (χ1v) is 5.20. The highest BCUT2D eigenvalue weighted by Gasteiger charge is 2.18. The van der Waals surface area contributed by atoms with Gasteiger partial charge in [-0.1, -0.05) is 0 Å². The van der Waals surface area contributed by atoms with Crippen LogP contribution in [0.15, 0.2) is 6.20 Å². The lowest BCUT2D eigenvalue weighted by atomic mass is 10.3. The predicted molar refractivity (Wildman–Crippen MR) is 61.6 cm³/mol. The molecule has 0 saturated carbocycles.